The van der Waals surface area contributed by atoms with Gasteiger partial charge in [-0.1, -0.05) is 33.1 Å². The first-order chi connectivity index (χ1) is 6.98. The van der Waals surface area contributed by atoms with Crippen LogP contribution in [0.3, 0.4) is 0 Å². The van der Waals surface area contributed by atoms with Crippen molar-refractivity contribution in [3.05, 3.63) is 0 Å². The van der Waals surface area contributed by atoms with Crippen LogP contribution in [0.15, 0.2) is 0 Å². The standard InChI is InChI=1S/C13H24O2/c1-10-5-6-11(2)13(15,9-10)12(14)7-3-4-8-12/h10-11,14-15H,3-9H2,1-2H3. The highest BCUT2D eigenvalue weighted by molar-refractivity contribution is 5.07. The Bertz CT molecular complexity index is 233. The van der Waals surface area contributed by atoms with Crippen LogP contribution in [-0.2, 0) is 0 Å². The van der Waals surface area contributed by atoms with Gasteiger partial charge < -0.3 is 10.2 Å². The molecule has 0 amide bonds. The van der Waals surface area contributed by atoms with Gasteiger partial charge in [-0.2, -0.15) is 0 Å². The van der Waals surface area contributed by atoms with E-state index in [0.717, 1.165) is 38.5 Å². The second kappa shape index (κ2) is 3.74. The zero-order valence-corrected chi connectivity index (χ0v) is 10.00. The highest BCUT2D eigenvalue weighted by Gasteiger charge is 2.55. The van der Waals surface area contributed by atoms with Crippen LogP contribution < -0.4 is 0 Å². The maximum absolute atomic E-state index is 10.8. The molecule has 0 heterocycles. The lowest BCUT2D eigenvalue weighted by Crippen LogP contribution is -2.59. The summed E-state index contributed by atoms with van der Waals surface area (Å²) in [5, 5.41) is 21.4. The van der Waals surface area contributed by atoms with Crippen molar-refractivity contribution in [2.45, 2.75) is 70.0 Å². The van der Waals surface area contributed by atoms with Gasteiger partial charge in [-0.05, 0) is 37.5 Å². The molecule has 2 aliphatic carbocycles. The van der Waals surface area contributed by atoms with Gasteiger partial charge >= 0.3 is 0 Å². The Kier molecular flexibility index (Phi) is 2.85. The average Bonchev–Trinajstić information content (AvgIpc) is 2.61. The Hall–Kier alpha value is -0.0800. The summed E-state index contributed by atoms with van der Waals surface area (Å²) in [6.45, 7) is 4.29. The van der Waals surface area contributed by atoms with Crippen LogP contribution in [0.2, 0.25) is 0 Å². The van der Waals surface area contributed by atoms with Crippen LogP contribution in [0.25, 0.3) is 0 Å². The number of rotatable bonds is 1. The Morgan fingerprint density at radius 3 is 2.20 bits per heavy atom. The van der Waals surface area contributed by atoms with Crippen LogP contribution in [0.5, 0.6) is 0 Å². The molecule has 0 spiro atoms. The topological polar surface area (TPSA) is 40.5 Å². The maximum Gasteiger partial charge on any atom is 0.0961 e. The first-order valence-corrected chi connectivity index (χ1v) is 6.43. The Morgan fingerprint density at radius 1 is 1.00 bits per heavy atom. The van der Waals surface area contributed by atoms with Crippen LogP contribution in [0, 0.1) is 11.8 Å². The van der Waals surface area contributed by atoms with Gasteiger partial charge in [0.2, 0.25) is 0 Å². The van der Waals surface area contributed by atoms with E-state index in [9.17, 15) is 10.2 Å². The highest BCUT2D eigenvalue weighted by atomic mass is 16.4. The molecule has 88 valence electrons. The van der Waals surface area contributed by atoms with Gasteiger partial charge in [0.1, 0.15) is 0 Å². The van der Waals surface area contributed by atoms with Crippen molar-refractivity contribution < 1.29 is 10.2 Å². The van der Waals surface area contributed by atoms with Crippen LogP contribution in [0.1, 0.15) is 58.8 Å². The van der Waals surface area contributed by atoms with Gasteiger partial charge in [0, 0.05) is 0 Å². The van der Waals surface area contributed by atoms with Gasteiger partial charge in [0.05, 0.1) is 11.2 Å². The zero-order valence-electron chi connectivity index (χ0n) is 10.00. The quantitative estimate of drug-likeness (QED) is 0.701. The third-order valence-corrected chi connectivity index (χ3v) is 4.80. The maximum atomic E-state index is 10.8. The van der Waals surface area contributed by atoms with Gasteiger partial charge in [0.25, 0.3) is 0 Å². The van der Waals surface area contributed by atoms with Crippen molar-refractivity contribution in [3.63, 3.8) is 0 Å². The predicted octanol–water partition coefficient (Wildman–Crippen LogP) is 2.48. The molecule has 2 fully saturated rings. The van der Waals surface area contributed by atoms with E-state index < -0.39 is 11.2 Å². The number of aliphatic hydroxyl groups is 2. The molecule has 0 aromatic heterocycles. The van der Waals surface area contributed by atoms with E-state index in [2.05, 4.69) is 13.8 Å². The summed E-state index contributed by atoms with van der Waals surface area (Å²) < 4.78 is 0. The number of hydrogen-bond donors (Lipinski definition) is 2. The van der Waals surface area contributed by atoms with E-state index in [-0.39, 0.29) is 5.92 Å². The van der Waals surface area contributed by atoms with Crippen LogP contribution in [0.4, 0.5) is 0 Å². The van der Waals surface area contributed by atoms with Crippen molar-refractivity contribution in [2.24, 2.45) is 11.8 Å². The molecular formula is C13H24O2. The van der Waals surface area contributed by atoms with Gasteiger partial charge in [-0.15, -0.1) is 0 Å². The van der Waals surface area contributed by atoms with Crippen molar-refractivity contribution in [2.75, 3.05) is 0 Å². The highest BCUT2D eigenvalue weighted by Crippen LogP contribution is 2.49. The fourth-order valence-corrected chi connectivity index (χ4v) is 3.65. The third kappa shape index (κ3) is 1.72. The zero-order chi connectivity index (χ0) is 11.1. The van der Waals surface area contributed by atoms with Gasteiger partial charge in [-0.3, -0.25) is 0 Å². The van der Waals surface area contributed by atoms with E-state index in [1.807, 2.05) is 0 Å². The second-order valence-electron chi connectivity index (χ2n) is 5.95. The molecule has 2 heteroatoms. The lowest BCUT2D eigenvalue weighted by atomic mass is 9.63. The van der Waals surface area contributed by atoms with Crippen molar-refractivity contribution in [1.82, 2.24) is 0 Å². The molecule has 2 nitrogen and oxygen atoms in total. The van der Waals surface area contributed by atoms with E-state index in [4.69, 9.17) is 0 Å². The summed E-state index contributed by atoms with van der Waals surface area (Å²) >= 11 is 0. The molecule has 3 unspecified atom stereocenters. The van der Waals surface area contributed by atoms with E-state index in [0.29, 0.717) is 5.92 Å². The second-order valence-corrected chi connectivity index (χ2v) is 5.95. The first-order valence-electron chi connectivity index (χ1n) is 6.43. The van der Waals surface area contributed by atoms with Gasteiger partial charge in [0.15, 0.2) is 0 Å². The molecule has 15 heavy (non-hydrogen) atoms. The summed E-state index contributed by atoms with van der Waals surface area (Å²) in [5.41, 5.74) is -1.61. The molecule has 0 saturated heterocycles. The van der Waals surface area contributed by atoms with Crippen molar-refractivity contribution in [1.29, 1.82) is 0 Å². The largest absolute Gasteiger partial charge is 0.387 e. The number of hydrogen-bond acceptors (Lipinski definition) is 2. The van der Waals surface area contributed by atoms with Gasteiger partial charge in [-0.25, -0.2) is 0 Å². The predicted molar refractivity (Wildman–Crippen MR) is 60.5 cm³/mol. The van der Waals surface area contributed by atoms with Crippen LogP contribution >= 0.6 is 0 Å². The average molecular weight is 212 g/mol. The molecule has 0 radical (unpaired) electrons. The Labute approximate surface area is 92.7 Å². The molecular weight excluding hydrogens is 188 g/mol. The first kappa shape index (κ1) is 11.4. The molecule has 0 aromatic carbocycles. The SMILES string of the molecule is CC1CCC(C)C(O)(C2(O)CCCC2)C1. The van der Waals surface area contributed by atoms with E-state index in [1.165, 1.54) is 6.42 Å². The van der Waals surface area contributed by atoms with Crippen molar-refractivity contribution >= 4 is 0 Å². The minimum Gasteiger partial charge on any atom is -0.387 e. The molecule has 0 aliphatic heterocycles. The lowest BCUT2D eigenvalue weighted by Gasteiger charge is -2.49. The minimum atomic E-state index is -0.818. The fraction of sp³-hybridized carbons (Fsp3) is 1.00. The normalized spacial score (nSPS) is 45.6. The molecule has 2 rings (SSSR count). The monoisotopic (exact) mass is 212 g/mol. The molecule has 2 saturated carbocycles. The molecule has 0 aromatic rings. The Morgan fingerprint density at radius 2 is 1.60 bits per heavy atom. The van der Waals surface area contributed by atoms with E-state index >= 15 is 0 Å². The molecule has 2 N–H and O–H groups in total. The summed E-state index contributed by atoms with van der Waals surface area (Å²) in [6.07, 6.45) is 6.76. The summed E-state index contributed by atoms with van der Waals surface area (Å²) in [4.78, 5) is 0. The lowest BCUT2D eigenvalue weighted by molar-refractivity contribution is -0.196. The Balaban J connectivity index is 2.22. The van der Waals surface area contributed by atoms with Crippen molar-refractivity contribution in [3.8, 4) is 0 Å². The summed E-state index contributed by atoms with van der Waals surface area (Å²) in [6, 6.07) is 0. The molecule has 0 bridgehead atoms. The van der Waals surface area contributed by atoms with E-state index in [1.54, 1.807) is 0 Å². The summed E-state index contributed by atoms with van der Waals surface area (Å²) in [5.74, 6) is 0.799. The fourth-order valence-electron chi connectivity index (χ4n) is 3.65. The van der Waals surface area contributed by atoms with Crippen LogP contribution in [-0.4, -0.2) is 21.4 Å². The molecule has 3 atom stereocenters. The smallest absolute Gasteiger partial charge is 0.0961 e. The third-order valence-electron chi connectivity index (χ3n) is 4.80. The molecule has 2 aliphatic rings. The minimum absolute atomic E-state index is 0.247. The summed E-state index contributed by atoms with van der Waals surface area (Å²) in [7, 11) is 0.